The molecule has 0 aliphatic rings. The number of ether oxygens (including phenoxy) is 3. The number of methoxy groups -OCH3 is 1. The van der Waals surface area contributed by atoms with Gasteiger partial charge in [0.05, 0.1) is 32.4 Å². The zero-order valence-electron chi connectivity index (χ0n) is 20.1. The highest BCUT2D eigenvalue weighted by molar-refractivity contribution is 9.10. The van der Waals surface area contributed by atoms with Gasteiger partial charge in [0.25, 0.3) is 0 Å². The summed E-state index contributed by atoms with van der Waals surface area (Å²) in [6.45, 7) is 2.35. The molecule has 0 aromatic heterocycles. The van der Waals surface area contributed by atoms with E-state index in [-0.39, 0.29) is 18.9 Å². The normalized spacial score (nSPS) is 11.5. The number of carbonyl (C=O) groups is 2. The lowest BCUT2D eigenvalue weighted by atomic mass is 10.0. The SMILES string of the molecule is CCOC(=O)N[C@@H](CC(=O)N/N=C\c1ccc(OCc2ccc(Br)cc2)c(OC)c1)c1ccccc1. The maximum atomic E-state index is 12.5. The van der Waals surface area contributed by atoms with E-state index in [0.717, 1.165) is 15.6 Å². The summed E-state index contributed by atoms with van der Waals surface area (Å²) in [6.07, 6.45) is 0.916. The molecular weight excluding hydrogens is 526 g/mol. The van der Waals surface area contributed by atoms with Crippen molar-refractivity contribution in [3.05, 3.63) is 94.0 Å². The molecule has 0 saturated heterocycles. The lowest BCUT2D eigenvalue weighted by Crippen LogP contribution is -2.33. The fourth-order valence-corrected chi connectivity index (χ4v) is 3.55. The van der Waals surface area contributed by atoms with Crippen molar-refractivity contribution in [3.63, 3.8) is 0 Å². The Labute approximate surface area is 218 Å². The topological polar surface area (TPSA) is 98.2 Å². The maximum absolute atomic E-state index is 12.5. The number of alkyl carbamates (subject to hydrolysis) is 1. The number of halogens is 1. The minimum atomic E-state index is -0.586. The summed E-state index contributed by atoms with van der Waals surface area (Å²) in [4.78, 5) is 24.4. The number of carbonyl (C=O) groups excluding carboxylic acids is 2. The van der Waals surface area contributed by atoms with Crippen LogP contribution in [0.2, 0.25) is 0 Å². The number of nitrogens with one attached hydrogen (secondary N) is 2. The molecule has 0 bridgehead atoms. The van der Waals surface area contributed by atoms with Gasteiger partial charge in [0.2, 0.25) is 5.91 Å². The van der Waals surface area contributed by atoms with Crippen molar-refractivity contribution in [1.82, 2.24) is 10.7 Å². The summed E-state index contributed by atoms with van der Waals surface area (Å²) in [7, 11) is 1.56. The predicted octanol–water partition coefficient (Wildman–Crippen LogP) is 5.36. The number of rotatable bonds is 11. The van der Waals surface area contributed by atoms with Gasteiger partial charge in [-0.3, -0.25) is 4.79 Å². The van der Waals surface area contributed by atoms with E-state index < -0.39 is 12.1 Å². The molecule has 0 aliphatic heterocycles. The van der Waals surface area contributed by atoms with E-state index in [2.05, 4.69) is 31.8 Å². The van der Waals surface area contributed by atoms with Crippen LogP contribution >= 0.6 is 15.9 Å². The van der Waals surface area contributed by atoms with Crippen LogP contribution in [0.1, 0.15) is 36.1 Å². The van der Waals surface area contributed by atoms with Crippen molar-refractivity contribution >= 4 is 34.1 Å². The van der Waals surface area contributed by atoms with E-state index in [4.69, 9.17) is 14.2 Å². The first kappa shape index (κ1) is 26.7. The molecule has 188 valence electrons. The van der Waals surface area contributed by atoms with Gasteiger partial charge in [0.15, 0.2) is 11.5 Å². The standard InChI is InChI=1S/C27H28BrN3O5/c1-3-35-27(33)30-23(21-7-5-4-6-8-21)16-26(32)31-29-17-20-11-14-24(25(15-20)34-2)36-18-19-9-12-22(28)13-10-19/h4-15,17,23H,3,16,18H2,1-2H3,(H,30,33)(H,31,32)/b29-17-/t23-/m0/s1. The average Bonchev–Trinajstić information content (AvgIpc) is 2.89. The van der Waals surface area contributed by atoms with E-state index in [1.54, 1.807) is 26.2 Å². The highest BCUT2D eigenvalue weighted by atomic mass is 79.9. The summed E-state index contributed by atoms with van der Waals surface area (Å²) in [5.41, 5.74) is 5.03. The predicted molar refractivity (Wildman–Crippen MR) is 141 cm³/mol. The Morgan fingerprint density at radius 1 is 1.03 bits per heavy atom. The molecule has 0 unspecified atom stereocenters. The van der Waals surface area contributed by atoms with Crippen molar-refractivity contribution in [2.24, 2.45) is 5.10 Å². The number of hydrogen-bond donors (Lipinski definition) is 2. The molecule has 9 heteroatoms. The van der Waals surface area contributed by atoms with Crippen LogP contribution in [0.25, 0.3) is 0 Å². The second-order valence-electron chi connectivity index (χ2n) is 7.65. The van der Waals surface area contributed by atoms with Crippen LogP contribution in [-0.2, 0) is 16.1 Å². The molecule has 8 nitrogen and oxygen atoms in total. The summed E-state index contributed by atoms with van der Waals surface area (Å²) in [5, 5.41) is 6.76. The van der Waals surface area contributed by atoms with Crippen LogP contribution in [0.4, 0.5) is 4.79 Å². The lowest BCUT2D eigenvalue weighted by molar-refractivity contribution is -0.121. The van der Waals surface area contributed by atoms with Gasteiger partial charge < -0.3 is 19.5 Å². The molecule has 2 N–H and O–H groups in total. The molecular formula is C27H28BrN3O5. The van der Waals surface area contributed by atoms with Crippen molar-refractivity contribution in [2.45, 2.75) is 26.0 Å². The second-order valence-corrected chi connectivity index (χ2v) is 8.57. The fraction of sp³-hybridized carbons (Fsp3) is 0.222. The Bertz CT molecular complexity index is 1170. The lowest BCUT2D eigenvalue weighted by Gasteiger charge is -2.18. The molecule has 36 heavy (non-hydrogen) atoms. The molecule has 3 aromatic rings. The minimum Gasteiger partial charge on any atom is -0.493 e. The average molecular weight is 554 g/mol. The van der Waals surface area contributed by atoms with E-state index in [1.807, 2.05) is 60.7 Å². The van der Waals surface area contributed by atoms with Crippen LogP contribution < -0.4 is 20.2 Å². The third kappa shape index (κ3) is 8.42. The Morgan fingerprint density at radius 2 is 1.78 bits per heavy atom. The van der Waals surface area contributed by atoms with E-state index in [9.17, 15) is 9.59 Å². The molecule has 0 saturated carbocycles. The number of benzene rings is 3. The van der Waals surface area contributed by atoms with Gasteiger partial charge in [-0.05, 0) is 53.9 Å². The minimum absolute atomic E-state index is 0.00762. The molecule has 3 aromatic carbocycles. The maximum Gasteiger partial charge on any atom is 0.407 e. The largest absolute Gasteiger partial charge is 0.493 e. The second kappa shape index (κ2) is 13.9. The van der Waals surface area contributed by atoms with E-state index in [0.29, 0.717) is 23.7 Å². The zero-order chi connectivity index (χ0) is 25.8. The van der Waals surface area contributed by atoms with Gasteiger partial charge in [0.1, 0.15) is 6.61 Å². The van der Waals surface area contributed by atoms with E-state index in [1.165, 1.54) is 6.21 Å². The molecule has 3 rings (SSSR count). The zero-order valence-corrected chi connectivity index (χ0v) is 21.7. The summed E-state index contributed by atoms with van der Waals surface area (Å²) < 4.78 is 17.3. The number of amides is 2. The highest BCUT2D eigenvalue weighted by Gasteiger charge is 2.18. The summed E-state index contributed by atoms with van der Waals surface area (Å²) in [6, 6.07) is 21.9. The first-order chi connectivity index (χ1) is 17.5. The fourth-order valence-electron chi connectivity index (χ4n) is 3.29. The summed E-state index contributed by atoms with van der Waals surface area (Å²) >= 11 is 3.42. The van der Waals surface area contributed by atoms with E-state index >= 15 is 0 Å². The summed E-state index contributed by atoms with van der Waals surface area (Å²) in [5.74, 6) is 0.779. The van der Waals surface area contributed by atoms with Crippen molar-refractivity contribution in [3.8, 4) is 11.5 Å². The van der Waals surface area contributed by atoms with Gasteiger partial charge in [-0.15, -0.1) is 0 Å². The highest BCUT2D eigenvalue weighted by Crippen LogP contribution is 2.28. The molecule has 0 radical (unpaired) electrons. The first-order valence-corrected chi connectivity index (χ1v) is 12.1. The van der Waals surface area contributed by atoms with Gasteiger partial charge in [-0.25, -0.2) is 10.2 Å². The molecule has 2 amide bonds. The van der Waals surface area contributed by atoms with Gasteiger partial charge in [0, 0.05) is 4.47 Å². The number of hydrogen-bond acceptors (Lipinski definition) is 6. The Morgan fingerprint density at radius 3 is 2.47 bits per heavy atom. The monoisotopic (exact) mass is 553 g/mol. The van der Waals surface area contributed by atoms with Gasteiger partial charge >= 0.3 is 6.09 Å². The molecule has 0 heterocycles. The number of nitrogens with zero attached hydrogens (tertiary/aromatic N) is 1. The van der Waals surface area contributed by atoms with Crippen molar-refractivity contribution < 1.29 is 23.8 Å². The molecule has 1 atom stereocenters. The van der Waals surface area contributed by atoms with Crippen LogP contribution in [0.3, 0.4) is 0 Å². The smallest absolute Gasteiger partial charge is 0.407 e. The number of hydrazone groups is 1. The third-order valence-electron chi connectivity index (χ3n) is 5.06. The Kier molecular flexibility index (Phi) is 10.3. The first-order valence-electron chi connectivity index (χ1n) is 11.3. The van der Waals surface area contributed by atoms with Crippen molar-refractivity contribution in [1.29, 1.82) is 0 Å². The van der Waals surface area contributed by atoms with Gasteiger partial charge in [-0.2, -0.15) is 5.10 Å². The molecule has 0 spiro atoms. The van der Waals surface area contributed by atoms with Crippen LogP contribution in [0.15, 0.2) is 82.4 Å². The van der Waals surface area contributed by atoms with Crippen LogP contribution in [0, 0.1) is 0 Å². The third-order valence-corrected chi connectivity index (χ3v) is 5.59. The van der Waals surface area contributed by atoms with Crippen LogP contribution in [-0.4, -0.2) is 31.9 Å². The molecule has 0 fully saturated rings. The van der Waals surface area contributed by atoms with Crippen molar-refractivity contribution in [2.75, 3.05) is 13.7 Å². The Balaban J connectivity index is 1.58. The van der Waals surface area contributed by atoms with Crippen LogP contribution in [0.5, 0.6) is 11.5 Å². The Hall–Kier alpha value is -3.85. The van der Waals surface area contributed by atoms with Gasteiger partial charge in [-0.1, -0.05) is 58.4 Å². The quantitative estimate of drug-likeness (QED) is 0.246. The molecule has 0 aliphatic carbocycles.